The molecule has 0 aliphatic heterocycles. The smallest absolute Gasteiger partial charge is 0.0725 e. The number of fused-ring (bicyclic) bond motifs is 10. The Hall–Kier alpha value is -5.61. The number of aryl methyl sites for hydroxylation is 4. The van der Waals surface area contributed by atoms with E-state index in [1.165, 1.54) is 50.1 Å². The van der Waals surface area contributed by atoms with Gasteiger partial charge in [0.2, 0.25) is 0 Å². The fourth-order valence-electron chi connectivity index (χ4n) is 8.26. The van der Waals surface area contributed by atoms with E-state index in [2.05, 4.69) is 151 Å². The van der Waals surface area contributed by atoms with Crippen molar-refractivity contribution < 1.29 is 20.1 Å². The fourth-order valence-corrected chi connectivity index (χ4v) is 8.26. The summed E-state index contributed by atoms with van der Waals surface area (Å²) in [4.78, 5) is 0. The summed E-state index contributed by atoms with van der Waals surface area (Å²) in [7, 11) is 0. The molecule has 0 atom stereocenters. The van der Waals surface area contributed by atoms with E-state index in [1.807, 2.05) is 54.4 Å². The Morgan fingerprint density at radius 3 is 1.40 bits per heavy atom. The number of nitrogens with zero attached hydrogens (tertiary/aromatic N) is 4. The quantitative estimate of drug-likeness (QED) is 0.166. The van der Waals surface area contributed by atoms with E-state index in [-0.39, 0.29) is 25.5 Å². The molecular weight excluding hydrogens is 813 g/mol. The van der Waals surface area contributed by atoms with Gasteiger partial charge in [-0.1, -0.05) is 96.6 Å². The molecule has 0 N–H and O–H groups in total. The first-order chi connectivity index (χ1) is 24.9. The minimum atomic E-state index is -0.317. The first-order valence-electron chi connectivity index (χ1n) is 17.4. The number of benzene rings is 6. The summed E-state index contributed by atoms with van der Waals surface area (Å²) in [6, 6.07) is 58.8. The van der Waals surface area contributed by atoms with Crippen LogP contribution in [-0.2, 0) is 25.5 Å². The van der Waals surface area contributed by atoms with E-state index in [0.29, 0.717) is 0 Å². The van der Waals surface area contributed by atoms with Gasteiger partial charge in [-0.05, 0) is 95.7 Å². The maximum atomic E-state index is 4.63. The summed E-state index contributed by atoms with van der Waals surface area (Å²) in [5.74, 6) is 0. The molecule has 10 rings (SSSR count). The van der Waals surface area contributed by atoms with Crippen molar-refractivity contribution in [1.82, 2.24) is 19.6 Å². The zero-order valence-electron chi connectivity index (χ0n) is 29.5. The van der Waals surface area contributed by atoms with Crippen molar-refractivity contribution in [3.63, 3.8) is 0 Å². The van der Waals surface area contributed by atoms with Gasteiger partial charge in [-0.15, -0.1) is 17.7 Å². The van der Waals surface area contributed by atoms with Crippen LogP contribution in [0.5, 0.6) is 0 Å². The van der Waals surface area contributed by atoms with Gasteiger partial charge < -0.3 is 0 Å². The van der Waals surface area contributed by atoms with Gasteiger partial charge in [0.05, 0.1) is 16.8 Å². The van der Waals surface area contributed by atoms with Gasteiger partial charge in [0.25, 0.3) is 0 Å². The summed E-state index contributed by atoms with van der Waals surface area (Å²) in [6.45, 7) is 8.14. The van der Waals surface area contributed by atoms with Gasteiger partial charge in [-0.2, -0.15) is 52.7 Å². The van der Waals surface area contributed by atoms with Crippen LogP contribution >= 0.6 is 0 Å². The van der Waals surface area contributed by atoms with Gasteiger partial charge in [0.1, 0.15) is 0 Å². The van der Waals surface area contributed by atoms with Crippen molar-refractivity contribution in [2.24, 2.45) is 0 Å². The SMILES string of the molecule is Cc1cc(C)n(-c2[c-]cc(-c3ccc4c(c3)C3(c5ccccc5-c5ccccc53)c3ccccc3-4)cc2)n1.Cc1cc(C)n(-c2[c-]cccc2)n1.[Ir]. The summed E-state index contributed by atoms with van der Waals surface area (Å²) in [5, 5.41) is 9.00. The van der Waals surface area contributed by atoms with Crippen LogP contribution in [0.3, 0.4) is 0 Å². The van der Waals surface area contributed by atoms with Crippen molar-refractivity contribution in [3.8, 4) is 44.8 Å². The molecule has 2 aromatic heterocycles. The molecule has 255 valence electrons. The van der Waals surface area contributed by atoms with Crippen LogP contribution in [0, 0.1) is 39.8 Å². The Labute approximate surface area is 318 Å². The summed E-state index contributed by atoms with van der Waals surface area (Å²) < 4.78 is 3.86. The number of hydrogen-bond acceptors (Lipinski definition) is 2. The fraction of sp³-hybridized carbons (Fsp3) is 0.106. The standard InChI is InChI=1S/C36H25N2.C11H11N2.Ir/c1-23-21-24(2)38(37-23)27-18-15-25(16-19-27)26-17-20-31-30-11-5-8-14-34(30)36(35(31)22-26)32-12-6-3-9-28(32)29-10-4-7-13-33(29)36;1-9-8-10(2)13(12-9)11-6-4-3-5-7-11;/h3-18,20-22H,1-2H3;3-6,8H,1-2H3;/q2*-1;. The Bertz CT molecular complexity index is 2510. The molecule has 6 aromatic carbocycles. The molecule has 1 spiro atoms. The van der Waals surface area contributed by atoms with Crippen LogP contribution in [-0.4, -0.2) is 19.6 Å². The largest absolute Gasteiger partial charge is 0.263 e. The Morgan fingerprint density at radius 2 is 0.942 bits per heavy atom. The maximum absolute atomic E-state index is 4.63. The minimum absolute atomic E-state index is 0. The van der Waals surface area contributed by atoms with Gasteiger partial charge in [-0.3, -0.25) is 9.36 Å². The molecule has 0 fully saturated rings. The third-order valence-electron chi connectivity index (χ3n) is 10.3. The topological polar surface area (TPSA) is 35.6 Å². The normalized spacial score (nSPS) is 12.6. The zero-order chi connectivity index (χ0) is 34.7. The molecule has 52 heavy (non-hydrogen) atoms. The second kappa shape index (κ2) is 13.2. The van der Waals surface area contributed by atoms with E-state index in [1.54, 1.807) is 0 Å². The Balaban J connectivity index is 0.000000234. The molecule has 2 aliphatic rings. The third-order valence-corrected chi connectivity index (χ3v) is 10.3. The van der Waals surface area contributed by atoms with Crippen LogP contribution in [0.25, 0.3) is 44.8 Å². The van der Waals surface area contributed by atoms with Crippen molar-refractivity contribution >= 4 is 0 Å². The predicted molar refractivity (Wildman–Crippen MR) is 205 cm³/mol. The molecule has 2 heterocycles. The number of hydrogen-bond donors (Lipinski definition) is 0. The second-order valence-electron chi connectivity index (χ2n) is 13.5. The van der Waals surface area contributed by atoms with Crippen molar-refractivity contribution in [3.05, 3.63) is 203 Å². The van der Waals surface area contributed by atoms with E-state index in [9.17, 15) is 0 Å². The average Bonchev–Trinajstić information content (AvgIpc) is 3.88. The Morgan fingerprint density at radius 1 is 0.462 bits per heavy atom. The van der Waals surface area contributed by atoms with E-state index < -0.39 is 0 Å². The summed E-state index contributed by atoms with van der Waals surface area (Å²) in [5.41, 5.74) is 19.1. The number of para-hydroxylation sites is 1. The van der Waals surface area contributed by atoms with Gasteiger partial charge in [0, 0.05) is 31.5 Å². The zero-order valence-corrected chi connectivity index (χ0v) is 31.9. The molecule has 5 heteroatoms. The van der Waals surface area contributed by atoms with Crippen LogP contribution in [0.15, 0.2) is 146 Å². The second-order valence-corrected chi connectivity index (χ2v) is 13.5. The van der Waals surface area contributed by atoms with Gasteiger partial charge in [0.15, 0.2) is 0 Å². The molecule has 0 saturated heterocycles. The van der Waals surface area contributed by atoms with Crippen molar-refractivity contribution in [2.45, 2.75) is 33.1 Å². The van der Waals surface area contributed by atoms with Crippen molar-refractivity contribution in [1.29, 1.82) is 0 Å². The number of aromatic nitrogens is 4. The van der Waals surface area contributed by atoms with E-state index in [4.69, 9.17) is 0 Å². The maximum Gasteiger partial charge on any atom is 0.0725 e. The van der Waals surface area contributed by atoms with Crippen LogP contribution < -0.4 is 0 Å². The molecule has 0 unspecified atom stereocenters. The van der Waals surface area contributed by atoms with Crippen LogP contribution in [0.1, 0.15) is 45.0 Å². The predicted octanol–water partition coefficient (Wildman–Crippen LogP) is 10.6. The molecule has 4 nitrogen and oxygen atoms in total. The molecule has 2 aliphatic carbocycles. The third kappa shape index (κ3) is 5.23. The van der Waals surface area contributed by atoms with Crippen LogP contribution in [0.4, 0.5) is 0 Å². The molecule has 1 radical (unpaired) electrons. The Kier molecular flexibility index (Phi) is 8.50. The van der Waals surface area contributed by atoms with Crippen molar-refractivity contribution in [2.75, 3.05) is 0 Å². The van der Waals surface area contributed by atoms with Gasteiger partial charge in [-0.25, -0.2) is 0 Å². The van der Waals surface area contributed by atoms with Gasteiger partial charge >= 0.3 is 0 Å². The first kappa shape index (κ1) is 33.5. The van der Waals surface area contributed by atoms with E-state index >= 15 is 0 Å². The summed E-state index contributed by atoms with van der Waals surface area (Å²) >= 11 is 0. The molecule has 0 saturated carbocycles. The number of rotatable bonds is 3. The molecule has 8 aromatic rings. The summed E-state index contributed by atoms with van der Waals surface area (Å²) in [6.07, 6.45) is 0. The average molecular weight is 849 g/mol. The minimum Gasteiger partial charge on any atom is -0.263 e. The van der Waals surface area contributed by atoms with E-state index in [0.717, 1.165) is 39.7 Å². The first-order valence-corrected chi connectivity index (χ1v) is 17.4. The monoisotopic (exact) mass is 849 g/mol. The van der Waals surface area contributed by atoms with Crippen LogP contribution in [0.2, 0.25) is 0 Å². The molecular formula is C47H36IrN4-2. The molecule has 0 amide bonds. The molecule has 0 bridgehead atoms.